The maximum absolute atomic E-state index is 5.38. The minimum Gasteiger partial charge on any atom is -0.493 e. The van der Waals surface area contributed by atoms with Gasteiger partial charge in [0.15, 0.2) is 11.5 Å². The molecule has 0 atom stereocenters. The molecular formula is C21H26O3. The Labute approximate surface area is 144 Å². The van der Waals surface area contributed by atoms with E-state index in [0.29, 0.717) is 17.2 Å². The van der Waals surface area contributed by atoms with Crippen molar-refractivity contribution in [1.82, 2.24) is 0 Å². The van der Waals surface area contributed by atoms with Crippen molar-refractivity contribution in [3.8, 4) is 17.2 Å². The van der Waals surface area contributed by atoms with Gasteiger partial charge in [0.05, 0.1) is 21.3 Å². The number of aryl methyl sites for hydroxylation is 3. The standard InChI is InChI=1S/C21H26O3/c1-15-10-11-17(12-16(15)2)8-6-7-9-18-13-19(22-3)21(24-5)20(14-18)23-4/h7,9-14H,6,8H2,1-5H3/b9-7-. The number of allylic oxidation sites excluding steroid dienone is 1. The molecule has 0 aromatic heterocycles. The van der Waals surface area contributed by atoms with Crippen molar-refractivity contribution in [2.24, 2.45) is 0 Å². The van der Waals surface area contributed by atoms with Crippen LogP contribution in [0.25, 0.3) is 6.08 Å². The summed E-state index contributed by atoms with van der Waals surface area (Å²) in [5.41, 5.74) is 5.09. The quantitative estimate of drug-likeness (QED) is 0.718. The summed E-state index contributed by atoms with van der Waals surface area (Å²) >= 11 is 0. The Morgan fingerprint density at radius 2 is 1.50 bits per heavy atom. The molecule has 0 bridgehead atoms. The molecule has 0 saturated carbocycles. The van der Waals surface area contributed by atoms with Crippen molar-refractivity contribution in [3.63, 3.8) is 0 Å². The zero-order valence-electron chi connectivity index (χ0n) is 15.2. The summed E-state index contributed by atoms with van der Waals surface area (Å²) in [4.78, 5) is 0. The van der Waals surface area contributed by atoms with Crippen LogP contribution < -0.4 is 14.2 Å². The van der Waals surface area contributed by atoms with E-state index in [1.165, 1.54) is 16.7 Å². The second-order valence-corrected chi connectivity index (χ2v) is 5.82. The molecule has 0 spiro atoms. The fraction of sp³-hybridized carbons (Fsp3) is 0.333. The minimum absolute atomic E-state index is 0.618. The topological polar surface area (TPSA) is 27.7 Å². The van der Waals surface area contributed by atoms with Gasteiger partial charge in [-0.2, -0.15) is 0 Å². The highest BCUT2D eigenvalue weighted by molar-refractivity contribution is 5.62. The van der Waals surface area contributed by atoms with Crippen LogP contribution in [0.5, 0.6) is 17.2 Å². The third kappa shape index (κ3) is 4.31. The fourth-order valence-corrected chi connectivity index (χ4v) is 2.63. The second-order valence-electron chi connectivity index (χ2n) is 5.82. The molecule has 2 aromatic rings. The first-order valence-corrected chi connectivity index (χ1v) is 8.11. The van der Waals surface area contributed by atoms with Gasteiger partial charge in [0.2, 0.25) is 5.75 Å². The lowest BCUT2D eigenvalue weighted by Gasteiger charge is -2.12. The second kappa shape index (κ2) is 8.44. The summed E-state index contributed by atoms with van der Waals surface area (Å²) in [6.07, 6.45) is 6.28. The van der Waals surface area contributed by atoms with Crippen LogP contribution in [0, 0.1) is 13.8 Å². The number of hydrogen-bond donors (Lipinski definition) is 0. The first kappa shape index (κ1) is 17.9. The highest BCUT2D eigenvalue weighted by Crippen LogP contribution is 2.38. The lowest BCUT2D eigenvalue weighted by Crippen LogP contribution is -1.95. The SMILES string of the molecule is COc1cc(/C=C\CCc2ccc(C)c(C)c2)cc(OC)c1OC. The van der Waals surface area contributed by atoms with Crippen molar-refractivity contribution < 1.29 is 14.2 Å². The maximum atomic E-state index is 5.38. The summed E-state index contributed by atoms with van der Waals surface area (Å²) in [6, 6.07) is 10.6. The Kier molecular flexibility index (Phi) is 6.30. The number of rotatable bonds is 7. The van der Waals surface area contributed by atoms with Crippen LogP contribution in [0.1, 0.15) is 28.7 Å². The van der Waals surface area contributed by atoms with Crippen molar-refractivity contribution in [1.29, 1.82) is 0 Å². The smallest absolute Gasteiger partial charge is 0.203 e. The molecule has 2 rings (SSSR count). The molecule has 0 heterocycles. The average molecular weight is 326 g/mol. The van der Waals surface area contributed by atoms with Crippen LogP contribution in [0.15, 0.2) is 36.4 Å². The van der Waals surface area contributed by atoms with Gasteiger partial charge in [-0.25, -0.2) is 0 Å². The molecule has 3 nitrogen and oxygen atoms in total. The molecule has 128 valence electrons. The Hall–Kier alpha value is -2.42. The molecule has 0 fully saturated rings. The monoisotopic (exact) mass is 326 g/mol. The largest absolute Gasteiger partial charge is 0.493 e. The Balaban J connectivity index is 2.07. The molecule has 0 aliphatic rings. The summed E-state index contributed by atoms with van der Waals surface area (Å²) < 4.78 is 16.1. The van der Waals surface area contributed by atoms with E-state index in [9.17, 15) is 0 Å². The Morgan fingerprint density at radius 3 is 2.04 bits per heavy atom. The van der Waals surface area contributed by atoms with Gasteiger partial charge in [0.25, 0.3) is 0 Å². The Bertz CT molecular complexity index is 692. The van der Waals surface area contributed by atoms with E-state index in [-0.39, 0.29) is 0 Å². The van der Waals surface area contributed by atoms with Crippen LogP contribution >= 0.6 is 0 Å². The lowest BCUT2D eigenvalue weighted by molar-refractivity contribution is 0.324. The van der Waals surface area contributed by atoms with Crippen molar-refractivity contribution in [2.75, 3.05) is 21.3 Å². The number of benzene rings is 2. The first-order valence-electron chi connectivity index (χ1n) is 8.11. The third-order valence-electron chi connectivity index (χ3n) is 4.17. The van der Waals surface area contributed by atoms with Gasteiger partial charge >= 0.3 is 0 Å². The highest BCUT2D eigenvalue weighted by Gasteiger charge is 2.11. The van der Waals surface area contributed by atoms with Gasteiger partial charge < -0.3 is 14.2 Å². The van der Waals surface area contributed by atoms with Gasteiger partial charge in [-0.3, -0.25) is 0 Å². The van der Waals surface area contributed by atoms with E-state index >= 15 is 0 Å². The van der Waals surface area contributed by atoms with Gasteiger partial charge in [-0.15, -0.1) is 0 Å². The van der Waals surface area contributed by atoms with E-state index in [1.807, 2.05) is 12.1 Å². The van der Waals surface area contributed by atoms with E-state index in [4.69, 9.17) is 14.2 Å². The number of ether oxygens (including phenoxy) is 3. The van der Waals surface area contributed by atoms with Crippen LogP contribution in [0.2, 0.25) is 0 Å². The van der Waals surface area contributed by atoms with Crippen LogP contribution in [-0.2, 0) is 6.42 Å². The summed E-state index contributed by atoms with van der Waals surface area (Å²) in [6.45, 7) is 4.30. The molecule has 0 aliphatic heterocycles. The van der Waals surface area contributed by atoms with Gasteiger partial charge in [0.1, 0.15) is 0 Å². The minimum atomic E-state index is 0.618. The number of hydrogen-bond acceptors (Lipinski definition) is 3. The van der Waals surface area contributed by atoms with Crippen molar-refractivity contribution in [3.05, 3.63) is 58.7 Å². The highest BCUT2D eigenvalue weighted by atomic mass is 16.5. The van der Waals surface area contributed by atoms with Crippen LogP contribution in [0.3, 0.4) is 0 Å². The van der Waals surface area contributed by atoms with Crippen molar-refractivity contribution in [2.45, 2.75) is 26.7 Å². The Morgan fingerprint density at radius 1 is 0.833 bits per heavy atom. The average Bonchev–Trinajstić information content (AvgIpc) is 2.60. The molecule has 0 unspecified atom stereocenters. The van der Waals surface area contributed by atoms with Crippen LogP contribution in [-0.4, -0.2) is 21.3 Å². The molecule has 24 heavy (non-hydrogen) atoms. The molecule has 3 heteroatoms. The zero-order chi connectivity index (χ0) is 17.5. The maximum Gasteiger partial charge on any atom is 0.203 e. The summed E-state index contributed by atoms with van der Waals surface area (Å²) in [7, 11) is 4.87. The molecule has 0 N–H and O–H groups in total. The lowest BCUT2D eigenvalue weighted by atomic mass is 10.0. The molecule has 0 aliphatic carbocycles. The number of methoxy groups -OCH3 is 3. The van der Waals surface area contributed by atoms with E-state index in [0.717, 1.165) is 18.4 Å². The molecule has 0 amide bonds. The summed E-state index contributed by atoms with van der Waals surface area (Å²) in [5.74, 6) is 1.96. The van der Waals surface area contributed by atoms with Crippen molar-refractivity contribution >= 4 is 6.08 Å². The van der Waals surface area contributed by atoms with Crippen LogP contribution in [0.4, 0.5) is 0 Å². The van der Waals surface area contributed by atoms with Gasteiger partial charge in [0, 0.05) is 0 Å². The molecule has 0 saturated heterocycles. The van der Waals surface area contributed by atoms with E-state index in [1.54, 1.807) is 21.3 Å². The predicted molar refractivity (Wildman–Crippen MR) is 99.4 cm³/mol. The molecular weight excluding hydrogens is 300 g/mol. The third-order valence-corrected chi connectivity index (χ3v) is 4.17. The van der Waals surface area contributed by atoms with E-state index in [2.05, 4.69) is 44.2 Å². The zero-order valence-corrected chi connectivity index (χ0v) is 15.2. The molecule has 0 radical (unpaired) electrons. The van der Waals surface area contributed by atoms with Gasteiger partial charge in [-0.1, -0.05) is 30.4 Å². The summed E-state index contributed by atoms with van der Waals surface area (Å²) in [5, 5.41) is 0. The normalized spacial score (nSPS) is 10.9. The fourth-order valence-electron chi connectivity index (χ4n) is 2.63. The molecule has 2 aromatic carbocycles. The predicted octanol–water partition coefficient (Wildman–Crippen LogP) is 4.98. The van der Waals surface area contributed by atoms with E-state index < -0.39 is 0 Å². The van der Waals surface area contributed by atoms with Gasteiger partial charge in [-0.05, 0) is 61.1 Å². The first-order chi connectivity index (χ1) is 11.6.